The maximum absolute atomic E-state index is 13.0. The van der Waals surface area contributed by atoms with Gasteiger partial charge in [-0.3, -0.25) is 8.98 Å². The van der Waals surface area contributed by atoms with E-state index >= 15 is 0 Å². The van der Waals surface area contributed by atoms with E-state index in [-0.39, 0.29) is 47.5 Å². The number of ether oxygens (including phenoxy) is 4. The normalized spacial score (nSPS) is 14.0. The molecular formula is C28H33NO9S. The van der Waals surface area contributed by atoms with E-state index < -0.39 is 16.0 Å². The Morgan fingerprint density at radius 1 is 1.03 bits per heavy atom. The quantitative estimate of drug-likeness (QED) is 0.249. The summed E-state index contributed by atoms with van der Waals surface area (Å²) < 4.78 is 55.0. The number of hydrogen-bond donors (Lipinski definition) is 1. The zero-order valence-corrected chi connectivity index (χ0v) is 23.7. The fraction of sp³-hybridized carbons (Fsp3) is 0.393. The zero-order valence-electron chi connectivity index (χ0n) is 22.9. The topological polar surface area (TPSA) is 123 Å². The molecule has 0 saturated carbocycles. The molecule has 0 saturated heterocycles. The molecule has 0 spiro atoms. The zero-order chi connectivity index (χ0) is 28.4. The minimum Gasteiger partial charge on any atom is -0.494 e. The van der Waals surface area contributed by atoms with Gasteiger partial charge in [0.15, 0.2) is 5.76 Å². The van der Waals surface area contributed by atoms with Crippen molar-refractivity contribution in [3.63, 3.8) is 0 Å². The highest BCUT2D eigenvalue weighted by Crippen LogP contribution is 2.42. The number of methoxy groups -OCH3 is 2. The SMILES string of the molecule is COc1cc(OCCOS(C)(=O)=O)cc(OC)c1NC(=O)c1ccc(Oc2cc3c(cc2C)CCC3(C)C)o1. The van der Waals surface area contributed by atoms with Crippen LogP contribution in [0.1, 0.15) is 47.5 Å². The van der Waals surface area contributed by atoms with Crippen LogP contribution in [0.2, 0.25) is 0 Å². The number of rotatable bonds is 11. The number of amides is 1. The second kappa shape index (κ2) is 11.2. The summed E-state index contributed by atoms with van der Waals surface area (Å²) in [5.41, 5.74) is 3.94. The van der Waals surface area contributed by atoms with E-state index in [1.54, 1.807) is 6.07 Å². The number of benzene rings is 2. The Morgan fingerprint density at radius 2 is 1.72 bits per heavy atom. The van der Waals surface area contributed by atoms with Crippen LogP contribution in [0.5, 0.6) is 28.9 Å². The van der Waals surface area contributed by atoms with Crippen LogP contribution in [0.4, 0.5) is 5.69 Å². The number of nitrogens with one attached hydrogen (secondary N) is 1. The molecule has 1 aliphatic carbocycles. The van der Waals surface area contributed by atoms with Crippen molar-refractivity contribution in [1.29, 1.82) is 0 Å². The number of carbonyl (C=O) groups is 1. The van der Waals surface area contributed by atoms with Crippen molar-refractivity contribution >= 4 is 21.7 Å². The number of aryl methyl sites for hydroxylation is 2. The Bertz CT molecular complexity index is 1450. The minimum atomic E-state index is -3.57. The lowest BCUT2D eigenvalue weighted by Crippen LogP contribution is -2.14. The molecule has 0 fully saturated rings. The third kappa shape index (κ3) is 6.66. The Balaban J connectivity index is 1.47. The van der Waals surface area contributed by atoms with E-state index in [1.807, 2.05) is 6.92 Å². The number of fused-ring (bicyclic) bond motifs is 1. The molecule has 1 N–H and O–H groups in total. The molecular weight excluding hydrogens is 526 g/mol. The average molecular weight is 560 g/mol. The van der Waals surface area contributed by atoms with Gasteiger partial charge in [0.05, 0.1) is 20.5 Å². The first-order valence-corrected chi connectivity index (χ1v) is 14.2. The molecule has 0 radical (unpaired) electrons. The summed E-state index contributed by atoms with van der Waals surface area (Å²) in [6.45, 7) is 6.25. The van der Waals surface area contributed by atoms with Gasteiger partial charge < -0.3 is 28.7 Å². The summed E-state index contributed by atoms with van der Waals surface area (Å²) in [6.07, 6.45) is 3.10. The van der Waals surface area contributed by atoms with Crippen LogP contribution >= 0.6 is 0 Å². The van der Waals surface area contributed by atoms with Gasteiger partial charge in [-0.2, -0.15) is 8.42 Å². The third-order valence-corrected chi connectivity index (χ3v) is 7.13. The lowest BCUT2D eigenvalue weighted by atomic mass is 9.86. The molecule has 0 atom stereocenters. The first-order chi connectivity index (χ1) is 18.4. The van der Waals surface area contributed by atoms with Crippen molar-refractivity contribution in [3.8, 4) is 28.9 Å². The van der Waals surface area contributed by atoms with Crippen molar-refractivity contribution in [2.24, 2.45) is 0 Å². The highest BCUT2D eigenvalue weighted by Gasteiger charge is 2.31. The summed E-state index contributed by atoms with van der Waals surface area (Å²) in [7, 11) is -0.710. The van der Waals surface area contributed by atoms with Crippen LogP contribution in [0.15, 0.2) is 40.8 Å². The molecule has 3 aromatic rings. The van der Waals surface area contributed by atoms with E-state index in [2.05, 4.69) is 35.5 Å². The molecule has 10 nitrogen and oxygen atoms in total. The number of anilines is 1. The minimum absolute atomic E-state index is 0.0263. The second-order valence-corrected chi connectivity index (χ2v) is 11.6. The maximum atomic E-state index is 13.0. The van der Waals surface area contributed by atoms with Crippen LogP contribution in [-0.4, -0.2) is 48.0 Å². The van der Waals surface area contributed by atoms with Crippen molar-refractivity contribution in [2.45, 2.75) is 39.0 Å². The van der Waals surface area contributed by atoms with Crippen LogP contribution < -0.4 is 24.3 Å². The summed E-state index contributed by atoms with van der Waals surface area (Å²) in [5, 5.41) is 2.75. The molecule has 11 heteroatoms. The van der Waals surface area contributed by atoms with Gasteiger partial charge >= 0.3 is 0 Å². The predicted octanol–water partition coefficient (Wildman–Crippen LogP) is 5.23. The first kappa shape index (κ1) is 28.3. The van der Waals surface area contributed by atoms with Crippen molar-refractivity contribution in [1.82, 2.24) is 0 Å². The largest absolute Gasteiger partial charge is 0.494 e. The molecule has 0 unspecified atom stereocenters. The van der Waals surface area contributed by atoms with Crippen LogP contribution in [0.25, 0.3) is 0 Å². The van der Waals surface area contributed by atoms with E-state index in [1.165, 1.54) is 43.5 Å². The van der Waals surface area contributed by atoms with Crippen LogP contribution in [0, 0.1) is 6.92 Å². The molecule has 1 aliphatic rings. The maximum Gasteiger partial charge on any atom is 0.291 e. The Morgan fingerprint density at radius 3 is 2.36 bits per heavy atom. The lowest BCUT2D eigenvalue weighted by molar-refractivity contribution is 0.0991. The van der Waals surface area contributed by atoms with E-state index in [9.17, 15) is 13.2 Å². The Hall–Kier alpha value is -3.70. The van der Waals surface area contributed by atoms with Gasteiger partial charge in [-0.25, -0.2) is 0 Å². The van der Waals surface area contributed by atoms with Crippen molar-refractivity contribution < 1.29 is 40.8 Å². The van der Waals surface area contributed by atoms with Gasteiger partial charge in [0.25, 0.3) is 22.0 Å². The average Bonchev–Trinajstić information content (AvgIpc) is 3.46. The molecule has 1 amide bonds. The van der Waals surface area contributed by atoms with Crippen molar-refractivity contribution in [3.05, 3.63) is 58.8 Å². The van der Waals surface area contributed by atoms with Gasteiger partial charge in [0.2, 0.25) is 0 Å². The Kier molecular flexibility index (Phi) is 8.12. The number of carbonyl (C=O) groups excluding carboxylic acids is 1. The standard InChI is InChI=1S/C28H33NO9S/c1-17-13-18-9-10-28(2,3)20(18)16-22(17)38-25-8-7-21(37-25)27(30)29-26-23(33-4)14-19(15-24(26)34-5)35-11-12-36-39(6,31)32/h7-8,13-16H,9-12H2,1-6H3,(H,29,30). The van der Waals surface area contributed by atoms with Crippen molar-refractivity contribution in [2.75, 3.05) is 39.0 Å². The van der Waals surface area contributed by atoms with Gasteiger partial charge in [-0.1, -0.05) is 19.9 Å². The van der Waals surface area contributed by atoms with Gasteiger partial charge in [-0.15, -0.1) is 0 Å². The molecule has 0 aliphatic heterocycles. The highest BCUT2D eigenvalue weighted by atomic mass is 32.2. The van der Waals surface area contributed by atoms with Gasteiger partial charge in [-0.05, 0) is 54.0 Å². The lowest BCUT2D eigenvalue weighted by Gasteiger charge is -2.20. The highest BCUT2D eigenvalue weighted by molar-refractivity contribution is 7.85. The van der Waals surface area contributed by atoms with E-state index in [4.69, 9.17) is 23.4 Å². The van der Waals surface area contributed by atoms with Crippen LogP contribution in [0.3, 0.4) is 0 Å². The molecule has 1 aromatic heterocycles. The fourth-order valence-electron chi connectivity index (χ4n) is 4.50. The van der Waals surface area contributed by atoms with Crippen LogP contribution in [-0.2, 0) is 26.1 Å². The number of hydrogen-bond acceptors (Lipinski definition) is 9. The fourth-order valence-corrected chi connectivity index (χ4v) is 4.87. The van der Waals surface area contributed by atoms with Gasteiger partial charge in [0.1, 0.15) is 41.9 Å². The molecule has 39 heavy (non-hydrogen) atoms. The van der Waals surface area contributed by atoms with E-state index in [0.29, 0.717) is 11.5 Å². The number of furan rings is 1. The summed E-state index contributed by atoms with van der Waals surface area (Å²) in [4.78, 5) is 13.0. The molecule has 2 aromatic carbocycles. The third-order valence-electron chi connectivity index (χ3n) is 6.53. The van der Waals surface area contributed by atoms with Gasteiger partial charge in [0, 0.05) is 18.2 Å². The predicted molar refractivity (Wildman–Crippen MR) is 145 cm³/mol. The molecule has 0 bridgehead atoms. The summed E-state index contributed by atoms with van der Waals surface area (Å²) in [5.74, 6) is 1.24. The Labute approximate surface area is 228 Å². The molecule has 210 valence electrons. The molecule has 1 heterocycles. The second-order valence-electron chi connectivity index (χ2n) is 9.91. The monoisotopic (exact) mass is 559 g/mol. The first-order valence-electron chi connectivity index (χ1n) is 12.4. The smallest absolute Gasteiger partial charge is 0.291 e. The van der Waals surface area contributed by atoms with E-state index in [0.717, 1.165) is 24.7 Å². The molecule has 4 rings (SSSR count). The summed E-state index contributed by atoms with van der Waals surface area (Å²) in [6, 6.07) is 10.4. The summed E-state index contributed by atoms with van der Waals surface area (Å²) >= 11 is 0.